The highest BCUT2D eigenvalue weighted by Crippen LogP contribution is 2.63. The van der Waals surface area contributed by atoms with E-state index in [4.69, 9.17) is 11.6 Å². The van der Waals surface area contributed by atoms with Gasteiger partial charge in [-0.2, -0.15) is 15.0 Å². The van der Waals surface area contributed by atoms with Gasteiger partial charge in [0.25, 0.3) is 0 Å². The second-order valence-electron chi connectivity index (χ2n) is 5.80. The smallest absolute Gasteiger partial charge is 0.229 e. The number of nitrogens with zero attached hydrogens (tertiary/aromatic N) is 3. The number of aromatic nitrogens is 3. The first-order valence-electron chi connectivity index (χ1n) is 6.21. The molecule has 1 aliphatic carbocycles. The monoisotopic (exact) mass is 269 g/mol. The van der Waals surface area contributed by atoms with Crippen LogP contribution in [-0.2, 0) is 0 Å². The number of hydrogen-bond acceptors (Lipinski definition) is 5. The highest BCUT2D eigenvalue weighted by Gasteiger charge is 2.65. The normalized spacial score (nSPS) is 20.6. The maximum absolute atomic E-state index is 5.89. The highest BCUT2D eigenvalue weighted by molar-refractivity contribution is 6.28. The number of rotatable bonds is 4. The first-order valence-corrected chi connectivity index (χ1v) is 6.59. The van der Waals surface area contributed by atoms with E-state index in [1.165, 1.54) is 0 Å². The van der Waals surface area contributed by atoms with Crippen LogP contribution in [0.4, 0.5) is 11.9 Å². The summed E-state index contributed by atoms with van der Waals surface area (Å²) in [7, 11) is 0. The van der Waals surface area contributed by atoms with Gasteiger partial charge in [-0.25, -0.2) is 0 Å². The number of nitrogens with one attached hydrogen (secondary N) is 2. The fourth-order valence-corrected chi connectivity index (χ4v) is 2.50. The van der Waals surface area contributed by atoms with Crippen LogP contribution in [-0.4, -0.2) is 27.5 Å². The van der Waals surface area contributed by atoms with Crippen molar-refractivity contribution in [2.75, 3.05) is 17.2 Å². The van der Waals surface area contributed by atoms with Crippen molar-refractivity contribution in [2.24, 2.45) is 10.8 Å². The molecule has 1 fully saturated rings. The van der Waals surface area contributed by atoms with E-state index < -0.39 is 0 Å². The SMILES string of the molecule is CCNc1nc(Cl)nc(NC2C(C)(C)C2(C)C)n1. The molecule has 18 heavy (non-hydrogen) atoms. The van der Waals surface area contributed by atoms with E-state index in [1.807, 2.05) is 6.92 Å². The summed E-state index contributed by atoms with van der Waals surface area (Å²) >= 11 is 5.89. The molecule has 100 valence electrons. The van der Waals surface area contributed by atoms with Crippen LogP contribution >= 0.6 is 11.6 Å². The Morgan fingerprint density at radius 1 is 1.06 bits per heavy atom. The lowest BCUT2D eigenvalue weighted by atomic mass is 10.0. The van der Waals surface area contributed by atoms with Gasteiger partial charge in [-0.05, 0) is 29.4 Å². The predicted octanol–water partition coefficient (Wildman–Crippen LogP) is 2.80. The van der Waals surface area contributed by atoms with Crippen LogP contribution in [0.2, 0.25) is 5.28 Å². The van der Waals surface area contributed by atoms with Crippen LogP contribution in [0.5, 0.6) is 0 Å². The van der Waals surface area contributed by atoms with Crippen LogP contribution in [0.1, 0.15) is 34.6 Å². The lowest BCUT2D eigenvalue weighted by molar-refractivity contribution is 0.457. The van der Waals surface area contributed by atoms with Gasteiger partial charge in [0.2, 0.25) is 17.2 Å². The van der Waals surface area contributed by atoms with E-state index in [2.05, 4.69) is 53.3 Å². The quantitative estimate of drug-likeness (QED) is 0.880. The third kappa shape index (κ3) is 2.11. The highest BCUT2D eigenvalue weighted by atomic mass is 35.5. The first kappa shape index (κ1) is 13.3. The van der Waals surface area contributed by atoms with Crippen molar-refractivity contribution in [1.82, 2.24) is 15.0 Å². The molecule has 1 saturated carbocycles. The van der Waals surface area contributed by atoms with Gasteiger partial charge in [-0.1, -0.05) is 27.7 Å². The zero-order valence-electron chi connectivity index (χ0n) is 11.5. The van der Waals surface area contributed by atoms with Gasteiger partial charge in [-0.3, -0.25) is 0 Å². The Morgan fingerprint density at radius 3 is 2.11 bits per heavy atom. The van der Waals surface area contributed by atoms with E-state index in [-0.39, 0.29) is 16.1 Å². The molecule has 0 aliphatic heterocycles. The van der Waals surface area contributed by atoms with Crippen molar-refractivity contribution < 1.29 is 0 Å². The molecule has 0 unspecified atom stereocenters. The lowest BCUT2D eigenvalue weighted by Crippen LogP contribution is -2.14. The predicted molar refractivity (Wildman–Crippen MR) is 74.0 cm³/mol. The Balaban J connectivity index is 2.16. The average molecular weight is 270 g/mol. The second kappa shape index (κ2) is 4.23. The van der Waals surface area contributed by atoms with Crippen molar-refractivity contribution in [3.05, 3.63) is 5.28 Å². The van der Waals surface area contributed by atoms with Crippen molar-refractivity contribution >= 4 is 23.5 Å². The van der Waals surface area contributed by atoms with Gasteiger partial charge < -0.3 is 10.6 Å². The maximum atomic E-state index is 5.89. The summed E-state index contributed by atoms with van der Waals surface area (Å²) < 4.78 is 0. The Labute approximate surface area is 113 Å². The van der Waals surface area contributed by atoms with E-state index >= 15 is 0 Å². The van der Waals surface area contributed by atoms with Crippen molar-refractivity contribution in [2.45, 2.75) is 40.7 Å². The molecule has 0 aromatic carbocycles. The third-order valence-electron chi connectivity index (χ3n) is 4.24. The molecule has 5 nitrogen and oxygen atoms in total. The minimum absolute atomic E-state index is 0.208. The van der Waals surface area contributed by atoms with Crippen LogP contribution in [0.25, 0.3) is 0 Å². The molecular formula is C12H20ClN5. The van der Waals surface area contributed by atoms with Gasteiger partial charge in [0.05, 0.1) is 0 Å². The van der Waals surface area contributed by atoms with E-state index in [1.54, 1.807) is 0 Å². The molecule has 2 N–H and O–H groups in total. The van der Waals surface area contributed by atoms with Gasteiger partial charge >= 0.3 is 0 Å². The Morgan fingerprint density at radius 2 is 1.61 bits per heavy atom. The summed E-state index contributed by atoms with van der Waals surface area (Å²) in [4.78, 5) is 12.4. The van der Waals surface area contributed by atoms with Gasteiger partial charge in [-0.15, -0.1) is 0 Å². The van der Waals surface area contributed by atoms with Crippen molar-refractivity contribution in [3.8, 4) is 0 Å². The molecule has 0 atom stereocenters. The summed E-state index contributed by atoms with van der Waals surface area (Å²) in [6.07, 6.45) is 0. The number of anilines is 2. The molecule has 0 amide bonds. The molecular weight excluding hydrogens is 250 g/mol. The van der Waals surface area contributed by atoms with Gasteiger partial charge in [0, 0.05) is 12.6 Å². The summed E-state index contributed by atoms with van der Waals surface area (Å²) in [5.41, 5.74) is 0.453. The van der Waals surface area contributed by atoms with E-state index in [0.717, 1.165) is 6.54 Å². The molecule has 1 aromatic rings. The van der Waals surface area contributed by atoms with E-state index in [9.17, 15) is 0 Å². The standard InChI is InChI=1S/C12H20ClN5/c1-6-14-9-16-8(13)17-10(18-9)15-7-11(2,3)12(7,4)5/h7H,6H2,1-5H3,(H2,14,15,16,17,18). The largest absolute Gasteiger partial charge is 0.354 e. The zero-order valence-corrected chi connectivity index (χ0v) is 12.3. The summed E-state index contributed by atoms with van der Waals surface area (Å²) in [6, 6.07) is 0.345. The fourth-order valence-electron chi connectivity index (χ4n) is 2.34. The molecule has 0 radical (unpaired) electrons. The Kier molecular flexibility index (Phi) is 3.13. The lowest BCUT2D eigenvalue weighted by Gasteiger charge is -2.08. The number of halogens is 1. The molecule has 0 bridgehead atoms. The first-order chi connectivity index (χ1) is 8.29. The van der Waals surface area contributed by atoms with Crippen LogP contribution < -0.4 is 10.6 Å². The topological polar surface area (TPSA) is 62.7 Å². The minimum atomic E-state index is 0.208. The van der Waals surface area contributed by atoms with Gasteiger partial charge in [0.15, 0.2) is 0 Å². The van der Waals surface area contributed by atoms with Gasteiger partial charge in [0.1, 0.15) is 0 Å². The molecule has 1 aliphatic rings. The Hall–Kier alpha value is -1.10. The zero-order chi connectivity index (χ0) is 13.6. The van der Waals surface area contributed by atoms with Crippen LogP contribution in [0.15, 0.2) is 0 Å². The molecule has 0 spiro atoms. The summed E-state index contributed by atoms with van der Waals surface area (Å²) in [5, 5.41) is 6.59. The molecule has 1 aromatic heterocycles. The van der Waals surface area contributed by atoms with E-state index in [0.29, 0.717) is 17.9 Å². The second-order valence-corrected chi connectivity index (χ2v) is 6.14. The maximum Gasteiger partial charge on any atom is 0.229 e. The number of hydrogen-bond donors (Lipinski definition) is 2. The molecule has 2 rings (SSSR count). The molecule has 1 heterocycles. The van der Waals surface area contributed by atoms with Crippen molar-refractivity contribution in [3.63, 3.8) is 0 Å². The molecule has 6 heteroatoms. The summed E-state index contributed by atoms with van der Waals surface area (Å²) in [5.74, 6) is 1.05. The summed E-state index contributed by atoms with van der Waals surface area (Å²) in [6.45, 7) is 11.7. The molecule has 0 saturated heterocycles. The van der Waals surface area contributed by atoms with Crippen molar-refractivity contribution in [1.29, 1.82) is 0 Å². The minimum Gasteiger partial charge on any atom is -0.354 e. The Bertz CT molecular complexity index is 444. The third-order valence-corrected chi connectivity index (χ3v) is 4.41. The average Bonchev–Trinajstić information content (AvgIpc) is 2.60. The van der Waals surface area contributed by atoms with Crippen LogP contribution in [0.3, 0.4) is 0 Å². The van der Waals surface area contributed by atoms with Crippen LogP contribution in [0, 0.1) is 10.8 Å². The fraction of sp³-hybridized carbons (Fsp3) is 0.750.